The highest BCUT2D eigenvalue weighted by Crippen LogP contribution is 1.99. The van der Waals surface area contributed by atoms with Crippen molar-refractivity contribution in [1.29, 1.82) is 0 Å². The second kappa shape index (κ2) is 8.31. The highest BCUT2D eigenvalue weighted by molar-refractivity contribution is 5.19. The van der Waals surface area contributed by atoms with Crippen LogP contribution in [0.4, 0.5) is 0 Å². The predicted molar refractivity (Wildman–Crippen MR) is 63.9 cm³/mol. The van der Waals surface area contributed by atoms with Crippen LogP contribution in [0.25, 0.3) is 0 Å². The van der Waals surface area contributed by atoms with Crippen molar-refractivity contribution in [3.8, 4) is 0 Å². The van der Waals surface area contributed by atoms with Crippen molar-refractivity contribution in [1.82, 2.24) is 0 Å². The van der Waals surface area contributed by atoms with Crippen LogP contribution in [-0.2, 0) is 0 Å². The molecule has 0 saturated heterocycles. The molecule has 1 aliphatic carbocycles. The zero-order chi connectivity index (χ0) is 9.90. The SMILES string of the molecule is [CH]1/C=C\C=C\CCC\C=C/C=C/C=C/1. The molecule has 0 bridgehead atoms. The van der Waals surface area contributed by atoms with Crippen molar-refractivity contribution in [2.24, 2.45) is 0 Å². The molecule has 0 unspecified atom stereocenters. The van der Waals surface area contributed by atoms with E-state index in [1.54, 1.807) is 0 Å². The molecule has 0 aromatic heterocycles. The monoisotopic (exact) mass is 185 g/mol. The summed E-state index contributed by atoms with van der Waals surface area (Å²) in [5.74, 6) is 0. The third-order valence-corrected chi connectivity index (χ3v) is 1.90. The summed E-state index contributed by atoms with van der Waals surface area (Å²) < 4.78 is 0. The molecule has 0 fully saturated rings. The van der Waals surface area contributed by atoms with E-state index in [9.17, 15) is 0 Å². The lowest BCUT2D eigenvalue weighted by Crippen LogP contribution is -1.69. The molecule has 14 heavy (non-hydrogen) atoms. The lowest BCUT2D eigenvalue weighted by molar-refractivity contribution is 0.868. The molecule has 1 rings (SSSR count). The van der Waals surface area contributed by atoms with Gasteiger partial charge in [-0.15, -0.1) is 0 Å². The Morgan fingerprint density at radius 2 is 1.00 bits per heavy atom. The topological polar surface area (TPSA) is 0 Å². The Hall–Kier alpha value is -1.30. The number of hydrogen-bond acceptors (Lipinski definition) is 0. The molecule has 0 aromatic carbocycles. The van der Waals surface area contributed by atoms with Gasteiger partial charge in [-0.2, -0.15) is 0 Å². The third-order valence-electron chi connectivity index (χ3n) is 1.90. The van der Waals surface area contributed by atoms with Crippen molar-refractivity contribution in [2.75, 3.05) is 0 Å². The van der Waals surface area contributed by atoms with Gasteiger partial charge in [0.15, 0.2) is 0 Å². The van der Waals surface area contributed by atoms with Gasteiger partial charge in [-0.1, -0.05) is 60.8 Å². The Morgan fingerprint density at radius 1 is 0.500 bits per heavy atom. The molecule has 73 valence electrons. The van der Waals surface area contributed by atoms with Crippen molar-refractivity contribution < 1.29 is 0 Å². The van der Waals surface area contributed by atoms with E-state index in [2.05, 4.69) is 36.5 Å². The van der Waals surface area contributed by atoms with E-state index in [4.69, 9.17) is 0 Å². The minimum absolute atomic E-state index is 1.16. The molecule has 0 nitrogen and oxygen atoms in total. The van der Waals surface area contributed by atoms with E-state index >= 15 is 0 Å². The molecule has 0 aromatic rings. The molecular formula is C14H17. The van der Waals surface area contributed by atoms with Gasteiger partial charge in [-0.25, -0.2) is 0 Å². The molecule has 1 aliphatic rings. The Balaban J connectivity index is 2.45. The van der Waals surface area contributed by atoms with Crippen LogP contribution in [0, 0.1) is 6.42 Å². The van der Waals surface area contributed by atoms with E-state index in [-0.39, 0.29) is 0 Å². The summed E-state index contributed by atoms with van der Waals surface area (Å²) in [6.07, 6.45) is 26.5. The Bertz CT molecular complexity index is 262. The first kappa shape index (κ1) is 10.8. The molecular weight excluding hydrogens is 168 g/mol. The van der Waals surface area contributed by atoms with E-state index in [1.165, 1.54) is 6.42 Å². The average Bonchev–Trinajstić information content (AvgIpc) is 2.22. The van der Waals surface area contributed by atoms with E-state index in [1.807, 2.05) is 30.7 Å². The molecule has 0 N–H and O–H groups in total. The maximum atomic E-state index is 2.21. The van der Waals surface area contributed by atoms with Gasteiger partial charge in [-0.05, 0) is 19.3 Å². The fourth-order valence-electron chi connectivity index (χ4n) is 1.15. The highest BCUT2D eigenvalue weighted by atomic mass is 13.9. The van der Waals surface area contributed by atoms with Crippen LogP contribution in [0.1, 0.15) is 19.3 Å². The predicted octanol–water partition coefficient (Wildman–Crippen LogP) is 4.16. The van der Waals surface area contributed by atoms with Crippen LogP contribution in [0.3, 0.4) is 0 Å². The molecule has 0 spiro atoms. The van der Waals surface area contributed by atoms with Gasteiger partial charge < -0.3 is 0 Å². The first-order valence-corrected chi connectivity index (χ1v) is 5.15. The zero-order valence-electron chi connectivity index (χ0n) is 8.47. The van der Waals surface area contributed by atoms with Gasteiger partial charge >= 0.3 is 0 Å². The second-order valence-corrected chi connectivity index (χ2v) is 3.13. The second-order valence-electron chi connectivity index (χ2n) is 3.13. The highest BCUT2D eigenvalue weighted by Gasteiger charge is 1.79. The fraction of sp³-hybridized carbons (Fsp3) is 0.214. The minimum Gasteiger partial charge on any atom is -0.0845 e. The molecule has 0 aliphatic heterocycles. The Labute approximate surface area is 87.0 Å². The van der Waals surface area contributed by atoms with Crippen LogP contribution in [0.15, 0.2) is 60.8 Å². The smallest absolute Gasteiger partial charge is 0.00506 e. The lowest BCUT2D eigenvalue weighted by atomic mass is 10.2. The van der Waals surface area contributed by atoms with Crippen molar-refractivity contribution in [2.45, 2.75) is 19.3 Å². The summed E-state index contributed by atoms with van der Waals surface area (Å²) in [7, 11) is 0. The van der Waals surface area contributed by atoms with E-state index < -0.39 is 0 Å². The molecule has 0 heterocycles. The summed E-state index contributed by atoms with van der Waals surface area (Å²) >= 11 is 0. The largest absolute Gasteiger partial charge is 0.0845 e. The van der Waals surface area contributed by atoms with Gasteiger partial charge in [0.2, 0.25) is 0 Å². The Morgan fingerprint density at radius 3 is 1.71 bits per heavy atom. The lowest BCUT2D eigenvalue weighted by Gasteiger charge is -1.89. The van der Waals surface area contributed by atoms with Crippen molar-refractivity contribution in [3.63, 3.8) is 0 Å². The first-order chi connectivity index (χ1) is 7.00. The summed E-state index contributed by atoms with van der Waals surface area (Å²) in [5.41, 5.74) is 0. The van der Waals surface area contributed by atoms with E-state index in [0.717, 1.165) is 12.8 Å². The maximum Gasteiger partial charge on any atom is 0.00506 e. The van der Waals surface area contributed by atoms with Crippen molar-refractivity contribution >= 4 is 0 Å². The average molecular weight is 185 g/mol. The zero-order valence-corrected chi connectivity index (χ0v) is 8.47. The number of allylic oxidation sites excluding steroid dienone is 10. The fourth-order valence-corrected chi connectivity index (χ4v) is 1.15. The Kier molecular flexibility index (Phi) is 6.39. The molecule has 0 saturated carbocycles. The van der Waals surface area contributed by atoms with Gasteiger partial charge in [0.25, 0.3) is 0 Å². The summed E-state index contributed by atoms with van der Waals surface area (Å²) in [5, 5.41) is 0. The third kappa shape index (κ3) is 6.24. The van der Waals surface area contributed by atoms with E-state index in [0.29, 0.717) is 0 Å². The summed E-state index contributed by atoms with van der Waals surface area (Å²) in [6, 6.07) is 0. The standard InChI is InChI=1S/C14H17/c1-2-4-6-8-10-12-14-13-11-9-7-5-3-1/h1-11H,12-14H2/b2-1+,6-4+,7-5-,10-8-,11-9+. The maximum absolute atomic E-state index is 2.21. The van der Waals surface area contributed by atoms with Gasteiger partial charge in [0.1, 0.15) is 0 Å². The van der Waals surface area contributed by atoms with Gasteiger partial charge in [0.05, 0.1) is 0 Å². The van der Waals surface area contributed by atoms with Crippen LogP contribution in [0.2, 0.25) is 0 Å². The number of hydrogen-bond donors (Lipinski definition) is 0. The summed E-state index contributed by atoms with van der Waals surface area (Å²) in [6.45, 7) is 0. The van der Waals surface area contributed by atoms with Crippen LogP contribution >= 0.6 is 0 Å². The minimum atomic E-state index is 1.16. The quantitative estimate of drug-likeness (QED) is 0.531. The van der Waals surface area contributed by atoms with Crippen LogP contribution in [-0.4, -0.2) is 0 Å². The van der Waals surface area contributed by atoms with Gasteiger partial charge in [0, 0.05) is 6.42 Å². The van der Waals surface area contributed by atoms with Crippen molar-refractivity contribution in [3.05, 3.63) is 67.2 Å². The molecule has 1 radical (unpaired) electrons. The molecule has 0 amide bonds. The van der Waals surface area contributed by atoms with Gasteiger partial charge in [-0.3, -0.25) is 0 Å². The van der Waals surface area contributed by atoms with Crippen LogP contribution < -0.4 is 0 Å². The first-order valence-electron chi connectivity index (χ1n) is 5.15. The number of rotatable bonds is 0. The van der Waals surface area contributed by atoms with Crippen LogP contribution in [0.5, 0.6) is 0 Å². The molecule has 0 atom stereocenters. The summed E-state index contributed by atoms with van der Waals surface area (Å²) in [4.78, 5) is 0. The molecule has 0 heteroatoms. The normalized spacial score (nSPS) is 29.7.